The summed E-state index contributed by atoms with van der Waals surface area (Å²) < 4.78 is 6.20. The molecular weight excluding hydrogens is 559 g/mol. The van der Waals surface area contributed by atoms with E-state index in [-0.39, 0.29) is 6.71 Å². The topological polar surface area (TPSA) is 19.6 Å². The lowest BCUT2D eigenvalue weighted by atomic mass is 9.33. The van der Waals surface area contributed by atoms with E-state index in [0.717, 1.165) is 33.3 Å². The Balaban J connectivity index is 1.16. The highest BCUT2D eigenvalue weighted by Crippen LogP contribution is 2.44. The normalized spacial score (nSPS) is 13.1. The minimum atomic E-state index is 0.140. The summed E-state index contributed by atoms with van der Waals surface area (Å²) in [6.45, 7) is 0.140. The number of nitrogens with zero attached hydrogens (tertiary/aromatic N) is 2. The second-order valence-electron chi connectivity index (χ2n) is 12.1. The van der Waals surface area contributed by atoms with Crippen LogP contribution in [-0.2, 0) is 0 Å². The molecule has 0 atom stereocenters. The molecule has 10 rings (SSSR count). The van der Waals surface area contributed by atoms with E-state index in [1.165, 1.54) is 50.3 Å². The fourth-order valence-electron chi connectivity index (χ4n) is 7.77. The molecule has 3 nitrogen and oxygen atoms in total. The maximum atomic E-state index is 6.20. The maximum absolute atomic E-state index is 6.20. The molecule has 7 aromatic carbocycles. The molecule has 0 aliphatic carbocycles. The molecule has 2 aliphatic rings. The van der Waals surface area contributed by atoms with E-state index in [1.807, 2.05) is 12.1 Å². The Kier molecular flexibility index (Phi) is 5.37. The fourth-order valence-corrected chi connectivity index (χ4v) is 7.77. The summed E-state index contributed by atoms with van der Waals surface area (Å²) in [5.41, 5.74) is 15.4. The van der Waals surface area contributed by atoms with Crippen LogP contribution in [0.2, 0.25) is 0 Å². The van der Waals surface area contributed by atoms with E-state index in [1.54, 1.807) is 0 Å². The molecule has 0 unspecified atom stereocenters. The van der Waals surface area contributed by atoms with Gasteiger partial charge in [0.15, 0.2) is 0 Å². The number of hydrogen-bond acceptors (Lipinski definition) is 3. The van der Waals surface area contributed by atoms with Gasteiger partial charge in [-0.25, -0.2) is 0 Å². The van der Waals surface area contributed by atoms with Crippen molar-refractivity contribution >= 4 is 79.2 Å². The Morgan fingerprint density at radius 3 is 1.67 bits per heavy atom. The van der Waals surface area contributed by atoms with Crippen molar-refractivity contribution in [3.63, 3.8) is 0 Å². The van der Waals surface area contributed by atoms with Crippen LogP contribution < -0.4 is 26.2 Å². The van der Waals surface area contributed by atoms with E-state index in [2.05, 4.69) is 161 Å². The van der Waals surface area contributed by atoms with Gasteiger partial charge in [0, 0.05) is 44.9 Å². The molecule has 0 fully saturated rings. The molecule has 0 radical (unpaired) electrons. The first kappa shape index (κ1) is 25.3. The standard InChI is InChI=1S/C42H27BN2O/c1-2-12-29(13-3-1)44-35-18-7-5-16-33(35)43-34-17-6-8-19-36(34)45(38-21-11-20-37(44)42(38)43)30-26-24-28(25-27-30)31-15-10-23-40-41(31)32-14-4-9-22-39(32)46-40/h1-27H. The van der Waals surface area contributed by atoms with Crippen LogP contribution in [0.25, 0.3) is 33.1 Å². The van der Waals surface area contributed by atoms with Crippen molar-refractivity contribution < 1.29 is 4.42 Å². The predicted molar refractivity (Wildman–Crippen MR) is 193 cm³/mol. The van der Waals surface area contributed by atoms with Crippen LogP contribution in [0.3, 0.4) is 0 Å². The molecule has 0 bridgehead atoms. The summed E-state index contributed by atoms with van der Waals surface area (Å²) in [5, 5.41) is 2.31. The molecule has 2 aliphatic heterocycles. The molecule has 214 valence electrons. The maximum Gasteiger partial charge on any atom is 0.252 e. The first-order valence-electron chi connectivity index (χ1n) is 15.8. The van der Waals surface area contributed by atoms with E-state index in [0.29, 0.717) is 0 Å². The summed E-state index contributed by atoms with van der Waals surface area (Å²) in [5.74, 6) is 0. The minimum Gasteiger partial charge on any atom is -0.456 e. The molecule has 3 heterocycles. The van der Waals surface area contributed by atoms with Gasteiger partial charge in [-0.1, -0.05) is 103 Å². The van der Waals surface area contributed by atoms with Gasteiger partial charge in [-0.15, -0.1) is 0 Å². The van der Waals surface area contributed by atoms with Crippen molar-refractivity contribution in [3.05, 3.63) is 164 Å². The van der Waals surface area contributed by atoms with Crippen molar-refractivity contribution in [3.8, 4) is 11.1 Å². The Labute approximate surface area is 267 Å². The molecule has 8 aromatic rings. The molecule has 46 heavy (non-hydrogen) atoms. The lowest BCUT2D eigenvalue weighted by Gasteiger charge is -2.44. The molecular formula is C42H27BN2O. The van der Waals surface area contributed by atoms with Crippen LogP contribution in [0.5, 0.6) is 0 Å². The first-order valence-corrected chi connectivity index (χ1v) is 15.8. The van der Waals surface area contributed by atoms with Crippen molar-refractivity contribution in [2.75, 3.05) is 9.80 Å². The number of hydrogen-bond donors (Lipinski definition) is 0. The highest BCUT2D eigenvalue weighted by atomic mass is 16.3. The van der Waals surface area contributed by atoms with E-state index >= 15 is 0 Å². The van der Waals surface area contributed by atoms with Crippen molar-refractivity contribution in [2.24, 2.45) is 0 Å². The SMILES string of the molecule is c1ccc(N2c3ccccc3B3c4ccccc4N(c4ccc(-c5cccc6oc7ccccc7c56)cc4)c4cccc2c43)cc1. The van der Waals surface area contributed by atoms with Crippen LogP contribution in [0.4, 0.5) is 34.1 Å². The van der Waals surface area contributed by atoms with Gasteiger partial charge in [-0.05, 0) is 88.2 Å². The molecule has 0 amide bonds. The van der Waals surface area contributed by atoms with Crippen LogP contribution >= 0.6 is 0 Å². The van der Waals surface area contributed by atoms with Gasteiger partial charge >= 0.3 is 0 Å². The van der Waals surface area contributed by atoms with Crippen LogP contribution in [0, 0.1) is 0 Å². The van der Waals surface area contributed by atoms with E-state index in [9.17, 15) is 0 Å². The smallest absolute Gasteiger partial charge is 0.252 e. The number of rotatable bonds is 3. The third kappa shape index (κ3) is 3.55. The quantitative estimate of drug-likeness (QED) is 0.192. The zero-order valence-corrected chi connectivity index (χ0v) is 25.0. The predicted octanol–water partition coefficient (Wildman–Crippen LogP) is 9.34. The molecule has 4 heteroatoms. The third-order valence-corrected chi connectivity index (χ3v) is 9.66. The number of para-hydroxylation sites is 4. The largest absolute Gasteiger partial charge is 0.456 e. The first-order chi connectivity index (χ1) is 22.8. The fraction of sp³-hybridized carbons (Fsp3) is 0. The highest BCUT2D eigenvalue weighted by Gasteiger charge is 2.42. The van der Waals surface area contributed by atoms with Gasteiger partial charge in [0.05, 0.1) is 0 Å². The van der Waals surface area contributed by atoms with Gasteiger partial charge in [0.2, 0.25) is 0 Å². The van der Waals surface area contributed by atoms with Gasteiger partial charge in [0.25, 0.3) is 6.71 Å². The van der Waals surface area contributed by atoms with E-state index < -0.39 is 0 Å². The summed E-state index contributed by atoms with van der Waals surface area (Å²) in [4.78, 5) is 4.87. The van der Waals surface area contributed by atoms with Crippen molar-refractivity contribution in [1.82, 2.24) is 0 Å². The molecule has 1 aromatic heterocycles. The number of furan rings is 1. The number of benzene rings is 7. The second-order valence-corrected chi connectivity index (χ2v) is 12.1. The van der Waals surface area contributed by atoms with Gasteiger partial charge in [-0.2, -0.15) is 0 Å². The zero-order chi connectivity index (χ0) is 30.2. The Morgan fingerprint density at radius 1 is 0.413 bits per heavy atom. The average molecular weight is 587 g/mol. The Bertz CT molecular complexity index is 2450. The van der Waals surface area contributed by atoms with Gasteiger partial charge < -0.3 is 14.2 Å². The molecule has 0 saturated carbocycles. The molecule has 0 spiro atoms. The zero-order valence-electron chi connectivity index (χ0n) is 25.0. The average Bonchev–Trinajstić information content (AvgIpc) is 3.51. The van der Waals surface area contributed by atoms with Gasteiger partial charge in [0.1, 0.15) is 11.2 Å². The van der Waals surface area contributed by atoms with Crippen LogP contribution in [-0.4, -0.2) is 6.71 Å². The van der Waals surface area contributed by atoms with Crippen molar-refractivity contribution in [1.29, 1.82) is 0 Å². The van der Waals surface area contributed by atoms with Crippen LogP contribution in [0.1, 0.15) is 0 Å². The minimum absolute atomic E-state index is 0.140. The molecule has 0 N–H and O–H groups in total. The summed E-state index contributed by atoms with van der Waals surface area (Å²) >= 11 is 0. The monoisotopic (exact) mass is 586 g/mol. The second kappa shape index (κ2) is 9.75. The van der Waals surface area contributed by atoms with Crippen LogP contribution in [0.15, 0.2) is 168 Å². The van der Waals surface area contributed by atoms with E-state index in [4.69, 9.17) is 4.42 Å². The van der Waals surface area contributed by atoms with Crippen molar-refractivity contribution in [2.45, 2.75) is 0 Å². The summed E-state index contributed by atoms with van der Waals surface area (Å²) in [6.07, 6.45) is 0. The summed E-state index contributed by atoms with van der Waals surface area (Å²) in [7, 11) is 0. The number of fused-ring (bicyclic) bond motifs is 7. The Morgan fingerprint density at radius 2 is 0.957 bits per heavy atom. The molecule has 0 saturated heterocycles. The Hall–Kier alpha value is -6.00. The van der Waals surface area contributed by atoms with Gasteiger partial charge in [-0.3, -0.25) is 0 Å². The number of anilines is 6. The lowest BCUT2D eigenvalue weighted by Crippen LogP contribution is -2.61. The summed E-state index contributed by atoms with van der Waals surface area (Å²) in [6, 6.07) is 59.0. The highest BCUT2D eigenvalue weighted by molar-refractivity contribution is 7.00. The lowest BCUT2D eigenvalue weighted by molar-refractivity contribution is 0.669. The third-order valence-electron chi connectivity index (χ3n) is 9.66.